The molecule has 150 valence electrons. The van der Waals surface area contributed by atoms with E-state index in [0.29, 0.717) is 0 Å². The predicted molar refractivity (Wildman–Crippen MR) is 112 cm³/mol. The molecule has 0 bridgehead atoms. The normalized spacial score (nSPS) is 22.4. The Kier molecular flexibility index (Phi) is 7.96. The lowest BCUT2D eigenvalue weighted by atomic mass is 9.97. The standard InChI is InChI=1S/C22H36N4O/c1-23-22(24-17-20-8-11-25(12-9-20)14-15-27-2)26-13-10-21(18-26)16-19-6-4-3-5-7-19/h3-7,20-21H,8-18H2,1-2H3,(H,23,24). The minimum Gasteiger partial charge on any atom is -0.383 e. The lowest BCUT2D eigenvalue weighted by molar-refractivity contribution is 0.120. The predicted octanol–water partition coefficient (Wildman–Crippen LogP) is 2.48. The van der Waals surface area contributed by atoms with E-state index in [2.05, 4.69) is 50.4 Å². The molecule has 0 radical (unpaired) electrons. The molecule has 5 heteroatoms. The Labute approximate surface area is 164 Å². The Balaban J connectivity index is 1.38. The molecule has 1 atom stereocenters. The summed E-state index contributed by atoms with van der Waals surface area (Å²) in [4.78, 5) is 9.52. The van der Waals surface area contributed by atoms with Gasteiger partial charge in [-0.05, 0) is 56.2 Å². The highest BCUT2D eigenvalue weighted by Gasteiger charge is 2.26. The van der Waals surface area contributed by atoms with Crippen LogP contribution in [0.1, 0.15) is 24.8 Å². The molecule has 0 aromatic heterocycles. The van der Waals surface area contributed by atoms with Gasteiger partial charge in [0.15, 0.2) is 5.96 Å². The molecule has 2 fully saturated rings. The fourth-order valence-corrected chi connectivity index (χ4v) is 4.34. The second-order valence-corrected chi connectivity index (χ2v) is 8.00. The number of nitrogens with one attached hydrogen (secondary N) is 1. The first-order chi connectivity index (χ1) is 13.3. The summed E-state index contributed by atoms with van der Waals surface area (Å²) in [6.45, 7) is 7.57. The lowest BCUT2D eigenvalue weighted by Crippen LogP contribution is -2.44. The van der Waals surface area contributed by atoms with E-state index in [-0.39, 0.29) is 0 Å². The van der Waals surface area contributed by atoms with Crippen LogP contribution < -0.4 is 5.32 Å². The van der Waals surface area contributed by atoms with Crippen LogP contribution in [0.5, 0.6) is 0 Å². The first-order valence-electron chi connectivity index (χ1n) is 10.5. The molecule has 1 aromatic rings. The second kappa shape index (κ2) is 10.7. The Morgan fingerprint density at radius 1 is 1.11 bits per heavy atom. The number of benzene rings is 1. The summed E-state index contributed by atoms with van der Waals surface area (Å²) in [5, 5.41) is 3.66. The summed E-state index contributed by atoms with van der Waals surface area (Å²) < 4.78 is 5.19. The number of methoxy groups -OCH3 is 1. The third-order valence-electron chi connectivity index (χ3n) is 6.03. The fraction of sp³-hybridized carbons (Fsp3) is 0.682. The molecule has 2 saturated heterocycles. The van der Waals surface area contributed by atoms with Crippen LogP contribution in [0, 0.1) is 11.8 Å². The quantitative estimate of drug-likeness (QED) is 0.590. The number of aliphatic imine (C=N–C) groups is 1. The van der Waals surface area contributed by atoms with Crippen LogP contribution in [-0.2, 0) is 11.2 Å². The van der Waals surface area contributed by atoms with Crippen molar-refractivity contribution in [3.63, 3.8) is 0 Å². The molecule has 27 heavy (non-hydrogen) atoms. The highest BCUT2D eigenvalue weighted by Crippen LogP contribution is 2.21. The SMILES string of the molecule is CN=C(NCC1CCN(CCOC)CC1)N1CCC(Cc2ccccc2)C1. The Morgan fingerprint density at radius 3 is 2.56 bits per heavy atom. The van der Waals surface area contributed by atoms with E-state index in [1.807, 2.05) is 7.05 Å². The van der Waals surface area contributed by atoms with Gasteiger partial charge >= 0.3 is 0 Å². The minimum atomic E-state index is 0.731. The summed E-state index contributed by atoms with van der Waals surface area (Å²) in [6.07, 6.45) is 4.97. The van der Waals surface area contributed by atoms with Gasteiger partial charge in [0.05, 0.1) is 6.61 Å². The highest BCUT2D eigenvalue weighted by molar-refractivity contribution is 5.80. The van der Waals surface area contributed by atoms with Crippen LogP contribution in [0.15, 0.2) is 35.3 Å². The van der Waals surface area contributed by atoms with Crippen LogP contribution in [0.2, 0.25) is 0 Å². The number of ether oxygens (including phenoxy) is 1. The molecule has 1 N–H and O–H groups in total. The smallest absolute Gasteiger partial charge is 0.193 e. The Hall–Kier alpha value is -1.59. The molecule has 0 spiro atoms. The van der Waals surface area contributed by atoms with Crippen LogP contribution in [-0.4, -0.2) is 75.8 Å². The van der Waals surface area contributed by atoms with Gasteiger partial charge in [-0.15, -0.1) is 0 Å². The van der Waals surface area contributed by atoms with Crippen molar-refractivity contribution < 1.29 is 4.74 Å². The van der Waals surface area contributed by atoms with E-state index in [1.165, 1.54) is 44.3 Å². The number of hydrogen-bond acceptors (Lipinski definition) is 3. The molecule has 5 nitrogen and oxygen atoms in total. The minimum absolute atomic E-state index is 0.731. The summed E-state index contributed by atoms with van der Waals surface area (Å²) in [5.74, 6) is 2.57. The third-order valence-corrected chi connectivity index (χ3v) is 6.03. The largest absolute Gasteiger partial charge is 0.383 e. The van der Waals surface area contributed by atoms with Gasteiger partial charge in [0.1, 0.15) is 0 Å². The van der Waals surface area contributed by atoms with Crippen LogP contribution >= 0.6 is 0 Å². The van der Waals surface area contributed by atoms with Gasteiger partial charge in [-0.3, -0.25) is 4.99 Å². The number of guanidine groups is 1. The van der Waals surface area contributed by atoms with E-state index < -0.39 is 0 Å². The maximum atomic E-state index is 5.19. The van der Waals surface area contributed by atoms with Crippen molar-refractivity contribution in [2.75, 3.05) is 60.0 Å². The molecule has 1 unspecified atom stereocenters. The molecule has 0 amide bonds. The second-order valence-electron chi connectivity index (χ2n) is 8.00. The van der Waals surface area contributed by atoms with E-state index in [4.69, 9.17) is 4.74 Å². The maximum absolute atomic E-state index is 5.19. The fourth-order valence-electron chi connectivity index (χ4n) is 4.34. The first kappa shape index (κ1) is 20.2. The van der Waals surface area contributed by atoms with Crippen molar-refractivity contribution in [3.8, 4) is 0 Å². The highest BCUT2D eigenvalue weighted by atomic mass is 16.5. The van der Waals surface area contributed by atoms with Gasteiger partial charge in [0, 0.05) is 40.3 Å². The van der Waals surface area contributed by atoms with E-state index in [0.717, 1.165) is 50.6 Å². The van der Waals surface area contributed by atoms with Gasteiger partial charge in [-0.25, -0.2) is 0 Å². The van der Waals surface area contributed by atoms with Gasteiger partial charge in [-0.1, -0.05) is 30.3 Å². The number of hydrogen-bond donors (Lipinski definition) is 1. The molecule has 3 rings (SSSR count). The monoisotopic (exact) mass is 372 g/mol. The van der Waals surface area contributed by atoms with E-state index in [9.17, 15) is 0 Å². The summed E-state index contributed by atoms with van der Waals surface area (Å²) in [7, 11) is 3.70. The molecular formula is C22H36N4O. The average molecular weight is 373 g/mol. The molecular weight excluding hydrogens is 336 g/mol. The number of likely N-dealkylation sites (tertiary alicyclic amines) is 2. The van der Waals surface area contributed by atoms with Crippen molar-refractivity contribution >= 4 is 5.96 Å². The molecule has 2 aliphatic rings. The van der Waals surface area contributed by atoms with Crippen molar-refractivity contribution in [1.82, 2.24) is 15.1 Å². The topological polar surface area (TPSA) is 40.1 Å². The zero-order valence-electron chi connectivity index (χ0n) is 17.1. The Bertz CT molecular complexity index is 569. The van der Waals surface area contributed by atoms with Gasteiger partial charge in [0.25, 0.3) is 0 Å². The van der Waals surface area contributed by atoms with Crippen LogP contribution in [0.3, 0.4) is 0 Å². The molecule has 0 saturated carbocycles. The van der Waals surface area contributed by atoms with E-state index in [1.54, 1.807) is 7.11 Å². The zero-order chi connectivity index (χ0) is 18.9. The zero-order valence-corrected chi connectivity index (χ0v) is 17.1. The number of rotatable bonds is 7. The molecule has 1 aromatic carbocycles. The van der Waals surface area contributed by atoms with Crippen molar-refractivity contribution in [2.24, 2.45) is 16.8 Å². The summed E-state index contributed by atoms with van der Waals surface area (Å²) in [5.41, 5.74) is 1.45. The Morgan fingerprint density at radius 2 is 1.85 bits per heavy atom. The molecule has 2 aliphatic heterocycles. The molecule has 0 aliphatic carbocycles. The summed E-state index contributed by atoms with van der Waals surface area (Å²) >= 11 is 0. The van der Waals surface area contributed by atoms with Crippen LogP contribution in [0.25, 0.3) is 0 Å². The maximum Gasteiger partial charge on any atom is 0.193 e. The average Bonchev–Trinajstić information content (AvgIpc) is 3.17. The van der Waals surface area contributed by atoms with Gasteiger partial charge < -0.3 is 19.9 Å². The number of nitrogens with zero attached hydrogens (tertiary/aromatic N) is 3. The third kappa shape index (κ3) is 6.22. The van der Waals surface area contributed by atoms with Crippen molar-refractivity contribution in [3.05, 3.63) is 35.9 Å². The van der Waals surface area contributed by atoms with Crippen LogP contribution in [0.4, 0.5) is 0 Å². The van der Waals surface area contributed by atoms with Gasteiger partial charge in [0.2, 0.25) is 0 Å². The number of piperidine rings is 1. The van der Waals surface area contributed by atoms with E-state index >= 15 is 0 Å². The lowest BCUT2D eigenvalue weighted by Gasteiger charge is -2.32. The van der Waals surface area contributed by atoms with Crippen molar-refractivity contribution in [1.29, 1.82) is 0 Å². The van der Waals surface area contributed by atoms with Crippen molar-refractivity contribution in [2.45, 2.75) is 25.7 Å². The summed E-state index contributed by atoms with van der Waals surface area (Å²) in [6, 6.07) is 10.9. The van der Waals surface area contributed by atoms with Gasteiger partial charge in [-0.2, -0.15) is 0 Å². The molecule has 2 heterocycles. The first-order valence-corrected chi connectivity index (χ1v) is 10.5.